The van der Waals surface area contributed by atoms with Gasteiger partial charge in [0.15, 0.2) is 0 Å². The van der Waals surface area contributed by atoms with E-state index in [1.807, 2.05) is 47.9 Å². The molecule has 32 heavy (non-hydrogen) atoms. The van der Waals surface area contributed by atoms with Gasteiger partial charge in [0.05, 0.1) is 18.5 Å². The highest BCUT2D eigenvalue weighted by molar-refractivity contribution is 7.10. The maximum absolute atomic E-state index is 13.3. The van der Waals surface area contributed by atoms with Crippen LogP contribution in [0.2, 0.25) is 0 Å². The number of rotatable bonds is 6. The van der Waals surface area contributed by atoms with Crippen LogP contribution in [0.4, 0.5) is 0 Å². The Kier molecular flexibility index (Phi) is 6.56. The van der Waals surface area contributed by atoms with Gasteiger partial charge in [-0.1, -0.05) is 68.4 Å². The van der Waals surface area contributed by atoms with Crippen LogP contribution in [0.15, 0.2) is 72.2 Å². The molecular formula is C27H28N2O2S. The average molecular weight is 445 g/mol. The molecule has 2 atom stereocenters. The van der Waals surface area contributed by atoms with Crippen LogP contribution in [0.25, 0.3) is 6.08 Å². The third kappa shape index (κ3) is 4.68. The molecule has 1 N–H and O–H groups in total. The monoisotopic (exact) mass is 444 g/mol. The predicted molar refractivity (Wildman–Crippen MR) is 130 cm³/mol. The minimum atomic E-state index is -0.319. The molecule has 4 nitrogen and oxygen atoms in total. The molecule has 0 saturated heterocycles. The maximum Gasteiger partial charge on any atom is 0.223 e. The molecule has 0 saturated carbocycles. The van der Waals surface area contributed by atoms with Gasteiger partial charge in [0.25, 0.3) is 0 Å². The fraction of sp³-hybridized carbons (Fsp3) is 0.259. The highest BCUT2D eigenvalue weighted by atomic mass is 32.1. The molecule has 1 aromatic heterocycles. The zero-order chi connectivity index (χ0) is 22.7. The van der Waals surface area contributed by atoms with E-state index in [4.69, 9.17) is 0 Å². The molecule has 2 amide bonds. The fourth-order valence-corrected chi connectivity index (χ4v) is 4.96. The van der Waals surface area contributed by atoms with Crippen LogP contribution >= 0.6 is 11.3 Å². The largest absolute Gasteiger partial charge is 0.344 e. The van der Waals surface area contributed by atoms with Gasteiger partial charge in [0.1, 0.15) is 0 Å². The molecule has 1 aliphatic heterocycles. The Hall–Kier alpha value is -3.18. The summed E-state index contributed by atoms with van der Waals surface area (Å²) in [5.41, 5.74) is 4.36. The van der Waals surface area contributed by atoms with Crippen LogP contribution in [-0.2, 0) is 9.59 Å². The second kappa shape index (κ2) is 9.53. The number of fused-ring (bicyclic) bond motifs is 1. The van der Waals surface area contributed by atoms with Crippen LogP contribution in [0, 0.1) is 0 Å². The Bertz CT molecular complexity index is 1120. The number of hydrogen-bond acceptors (Lipinski definition) is 3. The summed E-state index contributed by atoms with van der Waals surface area (Å²) in [6.07, 6.45) is 3.91. The Labute approximate surface area is 193 Å². The average Bonchev–Trinajstić information content (AvgIpc) is 3.32. The van der Waals surface area contributed by atoms with E-state index in [1.165, 1.54) is 12.5 Å². The van der Waals surface area contributed by atoms with Crippen molar-refractivity contribution in [1.29, 1.82) is 0 Å². The van der Waals surface area contributed by atoms with Crippen molar-refractivity contribution in [2.75, 3.05) is 0 Å². The van der Waals surface area contributed by atoms with Gasteiger partial charge in [-0.05, 0) is 45.7 Å². The number of amides is 2. The lowest BCUT2D eigenvalue weighted by Gasteiger charge is -2.32. The van der Waals surface area contributed by atoms with Gasteiger partial charge in [0, 0.05) is 18.0 Å². The number of nitrogens with one attached hydrogen (secondary N) is 1. The Balaban J connectivity index is 1.58. The van der Waals surface area contributed by atoms with E-state index in [-0.39, 0.29) is 30.3 Å². The lowest BCUT2D eigenvalue weighted by molar-refractivity contribution is -0.130. The Morgan fingerprint density at radius 2 is 1.72 bits per heavy atom. The molecule has 0 spiro atoms. The number of hydrogen-bond donors (Lipinski definition) is 1. The second-order valence-electron chi connectivity index (χ2n) is 8.43. The van der Waals surface area contributed by atoms with Crippen LogP contribution in [0.5, 0.6) is 0 Å². The molecule has 0 fully saturated rings. The van der Waals surface area contributed by atoms with Crippen LogP contribution in [-0.4, -0.2) is 16.7 Å². The zero-order valence-corrected chi connectivity index (χ0v) is 19.4. The molecule has 2 unspecified atom stereocenters. The molecule has 3 aromatic rings. The van der Waals surface area contributed by atoms with Gasteiger partial charge >= 0.3 is 0 Å². The van der Waals surface area contributed by atoms with Crippen molar-refractivity contribution in [2.45, 2.75) is 45.2 Å². The summed E-state index contributed by atoms with van der Waals surface area (Å²) in [7, 11) is 0. The molecule has 1 aliphatic rings. The molecule has 2 heterocycles. The predicted octanol–water partition coefficient (Wildman–Crippen LogP) is 6.04. The van der Waals surface area contributed by atoms with Crippen molar-refractivity contribution in [3.8, 4) is 0 Å². The maximum atomic E-state index is 13.3. The summed E-state index contributed by atoms with van der Waals surface area (Å²) >= 11 is 1.63. The van der Waals surface area contributed by atoms with Gasteiger partial charge in [0.2, 0.25) is 11.8 Å². The SMILES string of the molecule is CC(=O)N1C=Cc2ccccc2C1CC(=O)NC(c1ccc(C(C)C)cc1)c1cccs1. The molecule has 2 aromatic carbocycles. The minimum Gasteiger partial charge on any atom is -0.344 e. The Morgan fingerprint density at radius 3 is 2.38 bits per heavy atom. The molecule has 4 rings (SSSR count). The summed E-state index contributed by atoms with van der Waals surface area (Å²) in [6.45, 7) is 5.88. The molecule has 164 valence electrons. The summed E-state index contributed by atoms with van der Waals surface area (Å²) in [4.78, 5) is 28.3. The van der Waals surface area contributed by atoms with E-state index in [0.717, 1.165) is 21.6 Å². The first-order chi connectivity index (χ1) is 15.4. The van der Waals surface area contributed by atoms with E-state index in [1.54, 1.807) is 22.4 Å². The third-order valence-corrected chi connectivity index (χ3v) is 6.85. The van der Waals surface area contributed by atoms with Crippen LogP contribution < -0.4 is 5.32 Å². The van der Waals surface area contributed by atoms with Crippen molar-refractivity contribution in [2.24, 2.45) is 0 Å². The molecule has 5 heteroatoms. The lowest BCUT2D eigenvalue weighted by atomic mass is 9.93. The fourth-order valence-electron chi connectivity index (χ4n) is 4.16. The van der Waals surface area contributed by atoms with Crippen LogP contribution in [0.3, 0.4) is 0 Å². The van der Waals surface area contributed by atoms with Gasteiger partial charge in [-0.25, -0.2) is 0 Å². The summed E-state index contributed by atoms with van der Waals surface area (Å²) in [5, 5.41) is 5.26. The number of thiophene rings is 1. The number of benzene rings is 2. The van der Waals surface area contributed by atoms with E-state index in [0.29, 0.717) is 5.92 Å². The molecular weight excluding hydrogens is 416 g/mol. The first-order valence-corrected chi connectivity index (χ1v) is 11.8. The number of carbonyl (C=O) groups is 2. The van der Waals surface area contributed by atoms with Crippen molar-refractivity contribution >= 4 is 29.2 Å². The van der Waals surface area contributed by atoms with Gasteiger partial charge in [-0.15, -0.1) is 11.3 Å². The van der Waals surface area contributed by atoms with Gasteiger partial charge in [-0.2, -0.15) is 0 Å². The van der Waals surface area contributed by atoms with Gasteiger partial charge in [-0.3, -0.25) is 9.59 Å². The lowest BCUT2D eigenvalue weighted by Crippen LogP contribution is -2.36. The van der Waals surface area contributed by atoms with E-state index >= 15 is 0 Å². The first kappa shape index (κ1) is 22.0. The van der Waals surface area contributed by atoms with Crippen molar-refractivity contribution in [3.05, 3.63) is 99.4 Å². The molecule has 0 bridgehead atoms. The molecule has 0 radical (unpaired) electrons. The molecule has 0 aliphatic carbocycles. The Morgan fingerprint density at radius 1 is 1.00 bits per heavy atom. The first-order valence-electron chi connectivity index (χ1n) is 10.9. The third-order valence-electron chi connectivity index (χ3n) is 5.92. The highest BCUT2D eigenvalue weighted by Crippen LogP contribution is 2.34. The number of carbonyl (C=O) groups excluding carboxylic acids is 2. The van der Waals surface area contributed by atoms with E-state index in [9.17, 15) is 9.59 Å². The second-order valence-corrected chi connectivity index (χ2v) is 9.41. The smallest absolute Gasteiger partial charge is 0.223 e. The summed E-state index contributed by atoms with van der Waals surface area (Å²) in [6, 6.07) is 19.9. The standard InChI is InChI=1S/C27H28N2O2S/c1-18(2)20-10-12-22(13-11-20)27(25-9-6-16-32-25)28-26(31)17-24-23-8-5-4-7-21(23)14-15-29(24)19(3)30/h4-16,18,24,27H,17H2,1-3H3,(H,28,31). The topological polar surface area (TPSA) is 49.4 Å². The quantitative estimate of drug-likeness (QED) is 0.504. The minimum absolute atomic E-state index is 0.0763. The van der Waals surface area contributed by atoms with Gasteiger partial charge < -0.3 is 10.2 Å². The number of nitrogens with zero attached hydrogens (tertiary/aromatic N) is 1. The summed E-state index contributed by atoms with van der Waals surface area (Å²) in [5.74, 6) is 0.293. The van der Waals surface area contributed by atoms with Crippen molar-refractivity contribution in [1.82, 2.24) is 10.2 Å². The van der Waals surface area contributed by atoms with E-state index < -0.39 is 0 Å². The van der Waals surface area contributed by atoms with Crippen molar-refractivity contribution in [3.63, 3.8) is 0 Å². The van der Waals surface area contributed by atoms with Crippen LogP contribution in [0.1, 0.15) is 72.3 Å². The normalized spacial score (nSPS) is 16.0. The summed E-state index contributed by atoms with van der Waals surface area (Å²) < 4.78 is 0. The highest BCUT2D eigenvalue weighted by Gasteiger charge is 2.29. The van der Waals surface area contributed by atoms with Crippen molar-refractivity contribution < 1.29 is 9.59 Å². The zero-order valence-electron chi connectivity index (χ0n) is 18.6. The van der Waals surface area contributed by atoms with E-state index in [2.05, 4.69) is 43.4 Å².